The molecule has 2 aromatic rings. The summed E-state index contributed by atoms with van der Waals surface area (Å²) in [5.74, 6) is 0.332. The number of thiol groups is 1. The van der Waals surface area contributed by atoms with Crippen LogP contribution in [0.4, 0.5) is 5.69 Å². The van der Waals surface area contributed by atoms with E-state index >= 15 is 0 Å². The molecule has 0 aliphatic carbocycles. The van der Waals surface area contributed by atoms with Crippen molar-refractivity contribution in [1.29, 1.82) is 0 Å². The van der Waals surface area contributed by atoms with Gasteiger partial charge in [-0.05, 0) is 31.2 Å². The number of rotatable bonds is 6. The summed E-state index contributed by atoms with van der Waals surface area (Å²) in [5.41, 5.74) is -0.0359. The Labute approximate surface area is 131 Å². The zero-order valence-corrected chi connectivity index (χ0v) is 13.6. The molecular weight excluding hydrogens is 325 g/mol. The van der Waals surface area contributed by atoms with Gasteiger partial charge in [-0.25, -0.2) is 0 Å². The molecule has 2 aromatic carbocycles. The molecule has 1 atom stereocenters. The van der Waals surface area contributed by atoms with Crippen LogP contribution in [-0.2, 0) is 15.5 Å². The van der Waals surface area contributed by atoms with Crippen LogP contribution in [0.25, 0.3) is 0 Å². The van der Waals surface area contributed by atoms with Gasteiger partial charge in [0.25, 0.3) is 5.69 Å². The number of non-ortho nitro benzene ring substituents is 1. The van der Waals surface area contributed by atoms with E-state index in [0.29, 0.717) is 23.3 Å². The van der Waals surface area contributed by atoms with Gasteiger partial charge in [-0.1, -0.05) is 29.1 Å². The lowest BCUT2D eigenvalue weighted by Crippen LogP contribution is -1.99. The highest BCUT2D eigenvalue weighted by Crippen LogP contribution is 2.47. The Hall–Kier alpha value is -1.66. The summed E-state index contributed by atoms with van der Waals surface area (Å²) >= 11 is 0. The molecule has 1 N–H and O–H groups in total. The summed E-state index contributed by atoms with van der Waals surface area (Å²) in [6.45, 7) is -1.08. The Morgan fingerprint density at radius 1 is 1.18 bits per heavy atom. The molecule has 0 saturated heterocycles. The highest BCUT2D eigenvalue weighted by molar-refractivity contribution is 8.17. The molecule has 118 valence electrons. The van der Waals surface area contributed by atoms with Gasteiger partial charge in [0.1, 0.15) is 5.75 Å². The third-order valence-electron chi connectivity index (χ3n) is 2.57. The summed E-state index contributed by atoms with van der Waals surface area (Å²) in [5, 5.41) is 10.6. The molecule has 8 heteroatoms. The molecule has 22 heavy (non-hydrogen) atoms. The van der Waals surface area contributed by atoms with Crippen molar-refractivity contribution in [2.24, 2.45) is 0 Å². The quantitative estimate of drug-likeness (QED) is 0.363. The van der Waals surface area contributed by atoms with E-state index in [1.54, 1.807) is 6.92 Å². The Morgan fingerprint density at radius 2 is 1.82 bits per heavy atom. The number of benzene rings is 2. The predicted molar refractivity (Wildman–Crippen MR) is 88.0 cm³/mol. The van der Waals surface area contributed by atoms with E-state index in [0.717, 1.165) is 4.90 Å². The van der Waals surface area contributed by atoms with Gasteiger partial charge in [0.05, 0.1) is 11.5 Å². The monoisotopic (exact) mass is 341 g/mol. The lowest BCUT2D eigenvalue weighted by molar-refractivity contribution is -0.384. The van der Waals surface area contributed by atoms with Crippen molar-refractivity contribution in [3.63, 3.8) is 0 Å². The van der Waals surface area contributed by atoms with Gasteiger partial charge < -0.3 is 13.9 Å². The first-order valence-electron chi connectivity index (χ1n) is 6.51. The third-order valence-corrected chi connectivity index (χ3v) is 6.43. The fourth-order valence-corrected chi connectivity index (χ4v) is 5.33. The van der Waals surface area contributed by atoms with E-state index in [-0.39, 0.29) is 5.69 Å². The van der Waals surface area contributed by atoms with Gasteiger partial charge in [-0.15, -0.1) is 0 Å². The smallest absolute Gasteiger partial charge is 0.336 e. The molecule has 0 amide bonds. The largest absolute Gasteiger partial charge is 0.428 e. The van der Waals surface area contributed by atoms with Crippen molar-refractivity contribution in [2.45, 2.75) is 11.8 Å². The van der Waals surface area contributed by atoms with E-state index < -0.39 is 11.6 Å². The predicted octanol–water partition coefficient (Wildman–Crippen LogP) is 3.55. The summed E-state index contributed by atoms with van der Waals surface area (Å²) in [7, 11) is 0.536. The minimum Gasteiger partial charge on any atom is -0.428 e. The van der Waals surface area contributed by atoms with Crippen LogP contribution >= 0.6 is 6.72 Å². The Balaban J connectivity index is 2.28. The van der Waals surface area contributed by atoms with E-state index in [1.807, 2.05) is 30.3 Å². The summed E-state index contributed by atoms with van der Waals surface area (Å²) in [6, 6.07) is 14.9. The standard InChI is InChI=1S/C14H16NO5PS/c1-2-19-21(18,22-14-6-4-3-5-7-14)20-13-10-8-12(9-11-13)15(16)17/h3-11,18,22H,2H2,1H3. The molecule has 6 nitrogen and oxygen atoms in total. The molecule has 1 unspecified atom stereocenters. The van der Waals surface area contributed by atoms with Crippen LogP contribution in [0.5, 0.6) is 5.75 Å². The van der Waals surface area contributed by atoms with Gasteiger partial charge in [-0.2, -0.15) is 0 Å². The second-order valence-corrected chi connectivity index (χ2v) is 8.44. The molecule has 0 saturated carbocycles. The first kappa shape index (κ1) is 16.7. The van der Waals surface area contributed by atoms with Crippen LogP contribution < -0.4 is 4.52 Å². The lowest BCUT2D eigenvalue weighted by atomic mass is 10.3. The minimum atomic E-state index is -3.15. The van der Waals surface area contributed by atoms with Crippen molar-refractivity contribution in [3.05, 3.63) is 64.7 Å². The molecular formula is C14H16NO5PS. The van der Waals surface area contributed by atoms with Crippen molar-refractivity contribution in [2.75, 3.05) is 6.61 Å². The molecule has 0 aromatic heterocycles. The number of nitro groups is 1. The van der Waals surface area contributed by atoms with E-state index in [1.165, 1.54) is 24.3 Å². The molecule has 0 heterocycles. The SMILES string of the molecule is CCOP(O)(Oc1ccc([N+](=O)[O-])cc1)=[SH]c1ccccc1. The lowest BCUT2D eigenvalue weighted by Gasteiger charge is -2.19. The first-order chi connectivity index (χ1) is 10.5. The maximum absolute atomic E-state index is 10.6. The molecule has 0 fully saturated rings. The van der Waals surface area contributed by atoms with Gasteiger partial charge in [0, 0.05) is 17.0 Å². The van der Waals surface area contributed by atoms with Crippen LogP contribution in [0.1, 0.15) is 6.92 Å². The Bertz CT molecular complexity index is 690. The van der Waals surface area contributed by atoms with Gasteiger partial charge >= 0.3 is 6.72 Å². The zero-order chi connectivity index (χ0) is 16.0. The fourth-order valence-electron chi connectivity index (χ4n) is 1.65. The van der Waals surface area contributed by atoms with E-state index in [2.05, 4.69) is 0 Å². The second-order valence-electron chi connectivity index (χ2n) is 4.19. The van der Waals surface area contributed by atoms with E-state index in [4.69, 9.17) is 9.05 Å². The number of nitrogens with zero attached hydrogens (tertiary/aromatic N) is 1. The third kappa shape index (κ3) is 4.68. The minimum absolute atomic E-state index is 0.0359. The van der Waals surface area contributed by atoms with Crippen LogP contribution in [0.2, 0.25) is 0 Å². The Kier molecular flexibility index (Phi) is 5.74. The maximum atomic E-state index is 10.6. The van der Waals surface area contributed by atoms with Gasteiger partial charge in [0.15, 0.2) is 0 Å². The van der Waals surface area contributed by atoms with Gasteiger partial charge in [0.2, 0.25) is 0 Å². The molecule has 0 spiro atoms. The highest BCUT2D eigenvalue weighted by Gasteiger charge is 2.18. The van der Waals surface area contributed by atoms with Crippen molar-refractivity contribution < 1.29 is 18.9 Å². The van der Waals surface area contributed by atoms with Crippen molar-refractivity contribution in [1.82, 2.24) is 0 Å². The summed E-state index contributed by atoms with van der Waals surface area (Å²) in [6.07, 6.45) is 0. The van der Waals surface area contributed by atoms with Crippen molar-refractivity contribution in [3.8, 4) is 5.75 Å². The zero-order valence-electron chi connectivity index (χ0n) is 11.8. The van der Waals surface area contributed by atoms with Crippen LogP contribution in [0.3, 0.4) is 0 Å². The number of nitro benzene ring substituents is 1. The first-order valence-corrected chi connectivity index (χ1v) is 9.69. The number of hydrogen-bond donors (Lipinski definition) is 2. The van der Waals surface area contributed by atoms with Gasteiger partial charge in [-0.3, -0.25) is 10.1 Å². The average molecular weight is 341 g/mol. The van der Waals surface area contributed by atoms with Crippen molar-refractivity contribution >= 4 is 23.3 Å². The molecule has 2 rings (SSSR count). The fraction of sp³-hybridized carbons (Fsp3) is 0.143. The van der Waals surface area contributed by atoms with Crippen LogP contribution in [0, 0.1) is 10.1 Å². The maximum Gasteiger partial charge on any atom is 0.336 e. The molecule has 0 aliphatic heterocycles. The topological polar surface area (TPSA) is 81.8 Å². The Morgan fingerprint density at radius 3 is 2.36 bits per heavy atom. The number of hydrogen-bond acceptors (Lipinski definition) is 4. The molecule has 0 bridgehead atoms. The van der Waals surface area contributed by atoms with E-state index in [9.17, 15) is 15.0 Å². The summed E-state index contributed by atoms with van der Waals surface area (Å²) in [4.78, 5) is 21.6. The molecule has 0 aliphatic rings. The summed E-state index contributed by atoms with van der Waals surface area (Å²) < 4.78 is 11.0. The normalized spacial score (nSPS) is 13.4. The second kappa shape index (κ2) is 7.56. The van der Waals surface area contributed by atoms with Crippen LogP contribution in [-0.4, -0.2) is 16.4 Å². The van der Waals surface area contributed by atoms with Crippen LogP contribution in [0.15, 0.2) is 59.5 Å². The molecule has 0 radical (unpaired) electrons. The highest BCUT2D eigenvalue weighted by atomic mass is 32.5. The average Bonchev–Trinajstić information content (AvgIpc) is 2.48.